The molecule has 3 atom stereocenters. The number of ether oxygens (including phenoxy) is 2. The van der Waals surface area contributed by atoms with Crippen molar-refractivity contribution in [1.29, 1.82) is 0 Å². The number of fused-ring (bicyclic) bond motifs is 2. The molecule has 152 valence electrons. The summed E-state index contributed by atoms with van der Waals surface area (Å²) < 4.78 is 12.2. The fraction of sp³-hybridized carbons (Fsp3) is 0.421. The number of amides is 3. The van der Waals surface area contributed by atoms with Crippen molar-refractivity contribution in [1.82, 2.24) is 20.4 Å². The van der Waals surface area contributed by atoms with Gasteiger partial charge < -0.3 is 20.1 Å². The monoisotopic (exact) mass is 398 g/mol. The summed E-state index contributed by atoms with van der Waals surface area (Å²) in [5.74, 6) is 1.75. The number of hydrogen-bond donors (Lipinski definition) is 4. The molecule has 1 saturated heterocycles. The Labute approximate surface area is 166 Å². The van der Waals surface area contributed by atoms with E-state index in [1.54, 1.807) is 28.9 Å². The smallest absolute Gasteiger partial charge is 0.324 e. The molecule has 4 N–H and O–H groups in total. The molecule has 2 fully saturated rings. The Morgan fingerprint density at radius 3 is 2.97 bits per heavy atom. The van der Waals surface area contributed by atoms with Crippen molar-refractivity contribution in [2.75, 3.05) is 17.4 Å². The number of benzene rings is 1. The lowest BCUT2D eigenvalue weighted by molar-refractivity contribution is -0.130. The van der Waals surface area contributed by atoms with Crippen molar-refractivity contribution >= 4 is 23.4 Å². The lowest BCUT2D eigenvalue weighted by Gasteiger charge is -2.34. The van der Waals surface area contributed by atoms with Gasteiger partial charge in [0.25, 0.3) is 0 Å². The summed E-state index contributed by atoms with van der Waals surface area (Å²) in [7, 11) is 0. The Bertz CT molecular complexity index is 974. The third kappa shape index (κ3) is 3.35. The first-order chi connectivity index (χ1) is 14.1. The molecule has 1 aromatic heterocycles. The van der Waals surface area contributed by atoms with Gasteiger partial charge in [0.05, 0.1) is 11.6 Å². The van der Waals surface area contributed by atoms with Crippen LogP contribution in [0.4, 0.5) is 16.3 Å². The maximum atomic E-state index is 12.5. The SMILES string of the molecule is Cc1cc(NC(=O)Nc2ccc3c(c2)OCO3)n(C2NC(=O)C3CCCC3N2)n1. The molecular formula is C19H22N6O4. The number of anilines is 2. The fourth-order valence-corrected chi connectivity index (χ4v) is 4.15. The van der Waals surface area contributed by atoms with E-state index >= 15 is 0 Å². The Morgan fingerprint density at radius 1 is 1.21 bits per heavy atom. The molecule has 10 heteroatoms. The van der Waals surface area contributed by atoms with Gasteiger partial charge in [-0.25, -0.2) is 9.48 Å². The van der Waals surface area contributed by atoms with E-state index in [4.69, 9.17) is 9.47 Å². The number of urea groups is 1. The highest BCUT2D eigenvalue weighted by Gasteiger charge is 2.40. The van der Waals surface area contributed by atoms with E-state index in [1.165, 1.54) is 0 Å². The summed E-state index contributed by atoms with van der Waals surface area (Å²) in [6.07, 6.45) is 2.39. The van der Waals surface area contributed by atoms with Gasteiger partial charge in [0.1, 0.15) is 5.82 Å². The van der Waals surface area contributed by atoms with E-state index in [-0.39, 0.29) is 24.7 Å². The van der Waals surface area contributed by atoms with Gasteiger partial charge in [-0.05, 0) is 31.9 Å². The summed E-state index contributed by atoms with van der Waals surface area (Å²) >= 11 is 0. The minimum atomic E-state index is -0.503. The molecule has 5 rings (SSSR count). The van der Waals surface area contributed by atoms with Crippen molar-refractivity contribution in [3.05, 3.63) is 30.0 Å². The maximum absolute atomic E-state index is 12.5. The average Bonchev–Trinajstić information content (AvgIpc) is 3.40. The number of nitrogens with zero attached hydrogens (tertiary/aromatic N) is 2. The number of hydrogen-bond acceptors (Lipinski definition) is 6. The predicted octanol–water partition coefficient (Wildman–Crippen LogP) is 1.91. The zero-order valence-electron chi connectivity index (χ0n) is 15.9. The predicted molar refractivity (Wildman–Crippen MR) is 104 cm³/mol. The molecule has 29 heavy (non-hydrogen) atoms. The number of aryl methyl sites for hydroxylation is 1. The Balaban J connectivity index is 1.30. The van der Waals surface area contributed by atoms with Crippen molar-refractivity contribution in [2.24, 2.45) is 5.92 Å². The van der Waals surface area contributed by atoms with Crippen molar-refractivity contribution < 1.29 is 19.1 Å². The number of carbonyl (C=O) groups excluding carboxylic acids is 2. The van der Waals surface area contributed by atoms with Crippen LogP contribution in [0.3, 0.4) is 0 Å². The summed E-state index contributed by atoms with van der Waals surface area (Å²) in [5, 5.41) is 16.4. The van der Waals surface area contributed by atoms with E-state index in [2.05, 4.69) is 26.4 Å². The molecule has 1 aliphatic carbocycles. The molecule has 1 aromatic carbocycles. The minimum absolute atomic E-state index is 0.00799. The second-order valence-electron chi connectivity index (χ2n) is 7.48. The van der Waals surface area contributed by atoms with Crippen molar-refractivity contribution in [3.8, 4) is 11.5 Å². The highest BCUT2D eigenvalue weighted by Crippen LogP contribution is 2.34. The quantitative estimate of drug-likeness (QED) is 0.627. The van der Waals surface area contributed by atoms with Gasteiger partial charge in [0, 0.05) is 23.9 Å². The number of aromatic nitrogens is 2. The normalized spacial score (nSPS) is 24.7. The van der Waals surface area contributed by atoms with Gasteiger partial charge >= 0.3 is 6.03 Å². The summed E-state index contributed by atoms with van der Waals surface area (Å²) in [6.45, 7) is 2.01. The fourth-order valence-electron chi connectivity index (χ4n) is 4.15. The molecule has 3 aliphatic rings. The van der Waals surface area contributed by atoms with Gasteiger partial charge in [-0.15, -0.1) is 0 Å². The zero-order chi connectivity index (χ0) is 20.0. The van der Waals surface area contributed by atoms with Crippen LogP contribution < -0.4 is 30.7 Å². The molecule has 0 spiro atoms. The molecule has 2 aromatic rings. The second kappa shape index (κ2) is 6.96. The standard InChI is InChI=1S/C19H22N6O4/c1-10-7-16(22-19(27)20-11-5-6-14-15(8-11)29-9-28-14)25(24-10)18-21-13-4-2-3-12(13)17(26)23-18/h5-8,12-13,18,21H,2-4,9H2,1H3,(H,23,26)(H2,20,22,27). The Hall–Kier alpha value is -3.27. The van der Waals surface area contributed by atoms with Gasteiger partial charge in [-0.3, -0.25) is 15.4 Å². The highest BCUT2D eigenvalue weighted by atomic mass is 16.7. The molecular weight excluding hydrogens is 376 g/mol. The van der Waals surface area contributed by atoms with E-state index in [0.29, 0.717) is 23.0 Å². The highest BCUT2D eigenvalue weighted by molar-refractivity contribution is 5.99. The molecule has 0 bridgehead atoms. The minimum Gasteiger partial charge on any atom is -0.454 e. The lowest BCUT2D eigenvalue weighted by atomic mass is 10.0. The first kappa shape index (κ1) is 17.8. The first-order valence-corrected chi connectivity index (χ1v) is 9.67. The second-order valence-corrected chi connectivity index (χ2v) is 7.48. The van der Waals surface area contributed by atoms with Crippen LogP contribution in [-0.2, 0) is 4.79 Å². The molecule has 1 saturated carbocycles. The van der Waals surface area contributed by atoms with E-state index in [0.717, 1.165) is 25.0 Å². The van der Waals surface area contributed by atoms with E-state index in [1.807, 2.05) is 6.92 Å². The van der Waals surface area contributed by atoms with Crippen LogP contribution in [-0.4, -0.2) is 34.6 Å². The van der Waals surface area contributed by atoms with Crippen molar-refractivity contribution in [3.63, 3.8) is 0 Å². The van der Waals surface area contributed by atoms with Crippen molar-refractivity contribution in [2.45, 2.75) is 38.5 Å². The zero-order valence-corrected chi connectivity index (χ0v) is 15.9. The van der Waals surface area contributed by atoms with E-state index in [9.17, 15) is 9.59 Å². The Kier molecular flexibility index (Phi) is 4.27. The summed E-state index contributed by atoms with van der Waals surface area (Å²) in [5.41, 5.74) is 1.31. The number of rotatable bonds is 3. The molecule has 3 heterocycles. The summed E-state index contributed by atoms with van der Waals surface area (Å²) in [6, 6.07) is 6.64. The molecule has 3 amide bonds. The van der Waals surface area contributed by atoms with Crippen LogP contribution in [0.25, 0.3) is 0 Å². The molecule has 2 aliphatic heterocycles. The maximum Gasteiger partial charge on any atom is 0.324 e. The van der Waals surface area contributed by atoms with Crippen LogP contribution in [0.15, 0.2) is 24.3 Å². The van der Waals surface area contributed by atoms with E-state index < -0.39 is 12.3 Å². The van der Waals surface area contributed by atoms with Gasteiger partial charge in [0.15, 0.2) is 17.8 Å². The average molecular weight is 398 g/mol. The third-order valence-corrected chi connectivity index (χ3v) is 5.48. The van der Waals surface area contributed by atoms with Gasteiger partial charge in [0.2, 0.25) is 12.7 Å². The number of carbonyl (C=O) groups is 2. The molecule has 10 nitrogen and oxygen atoms in total. The third-order valence-electron chi connectivity index (χ3n) is 5.48. The van der Waals surface area contributed by atoms with Crippen LogP contribution in [0.5, 0.6) is 11.5 Å². The van der Waals surface area contributed by atoms with Gasteiger partial charge in [-0.1, -0.05) is 6.42 Å². The topological polar surface area (TPSA) is 119 Å². The number of nitrogens with one attached hydrogen (secondary N) is 4. The summed E-state index contributed by atoms with van der Waals surface area (Å²) in [4.78, 5) is 25.0. The largest absolute Gasteiger partial charge is 0.454 e. The van der Waals surface area contributed by atoms with Crippen LogP contribution in [0.1, 0.15) is 31.2 Å². The first-order valence-electron chi connectivity index (χ1n) is 9.67. The van der Waals surface area contributed by atoms with Crippen LogP contribution in [0.2, 0.25) is 0 Å². The van der Waals surface area contributed by atoms with Crippen LogP contribution >= 0.6 is 0 Å². The molecule has 3 unspecified atom stereocenters. The van der Waals surface area contributed by atoms with Gasteiger partial charge in [-0.2, -0.15) is 5.10 Å². The molecule has 0 radical (unpaired) electrons. The Morgan fingerprint density at radius 2 is 2.07 bits per heavy atom. The lowest BCUT2D eigenvalue weighted by Crippen LogP contribution is -2.57. The van der Waals surface area contributed by atoms with Crippen LogP contribution in [0, 0.1) is 12.8 Å².